The molecule has 1 atom stereocenters. The maximum Gasteiger partial charge on any atom is 0.320 e. The number of ether oxygens (including phenoxy) is 1. The third-order valence-corrected chi connectivity index (χ3v) is 2.31. The molecule has 0 spiro atoms. The molecule has 0 saturated carbocycles. The first-order valence-electron chi connectivity index (χ1n) is 3.79. The van der Waals surface area contributed by atoms with Gasteiger partial charge in [0.2, 0.25) is 0 Å². The molecule has 0 aromatic carbocycles. The van der Waals surface area contributed by atoms with Crippen LogP contribution in [-0.4, -0.2) is 21.7 Å². The monoisotopic (exact) mass is 300 g/mol. The normalized spacial score (nSPS) is 14.1. The molecule has 0 saturated heterocycles. The van der Waals surface area contributed by atoms with Crippen molar-refractivity contribution in [2.45, 2.75) is 37.6 Å². The molecule has 2 nitrogen and oxygen atoms in total. The van der Waals surface area contributed by atoms with Crippen molar-refractivity contribution in [2.75, 3.05) is 5.33 Å². The first kappa shape index (κ1) is 12.4. The second-order valence-corrected chi connectivity index (χ2v) is 5.38. The van der Waals surface area contributed by atoms with Gasteiger partial charge < -0.3 is 4.74 Å². The van der Waals surface area contributed by atoms with Gasteiger partial charge in [-0.15, -0.1) is 0 Å². The molecule has 0 amide bonds. The van der Waals surface area contributed by atoms with Crippen LogP contribution in [0.4, 0.5) is 0 Å². The Balaban J connectivity index is 3.87. The zero-order chi connectivity index (χ0) is 9.78. The summed E-state index contributed by atoms with van der Waals surface area (Å²) < 4.78 is 5.15. The van der Waals surface area contributed by atoms with Gasteiger partial charge in [-0.25, -0.2) is 0 Å². The molecule has 0 aromatic heterocycles. The maximum atomic E-state index is 11.3. The van der Waals surface area contributed by atoms with E-state index in [-0.39, 0.29) is 10.8 Å². The van der Waals surface area contributed by atoms with Crippen molar-refractivity contribution in [3.8, 4) is 0 Å². The standard InChI is InChI=1S/C8H14Br2O2/c1-8(2,3)12-7(11)6(10)4-5-9/h6H,4-5H2,1-3H3. The summed E-state index contributed by atoms with van der Waals surface area (Å²) in [4.78, 5) is 11.1. The number of carbonyl (C=O) groups excluding carboxylic acids is 1. The van der Waals surface area contributed by atoms with E-state index in [0.29, 0.717) is 0 Å². The lowest BCUT2D eigenvalue weighted by atomic mass is 10.2. The fourth-order valence-corrected chi connectivity index (χ4v) is 1.97. The van der Waals surface area contributed by atoms with Crippen molar-refractivity contribution in [2.24, 2.45) is 0 Å². The molecule has 0 N–H and O–H groups in total. The molecule has 0 aliphatic heterocycles. The minimum Gasteiger partial charge on any atom is -0.459 e. The lowest BCUT2D eigenvalue weighted by Crippen LogP contribution is -2.29. The first-order valence-corrected chi connectivity index (χ1v) is 5.83. The molecule has 4 heteroatoms. The van der Waals surface area contributed by atoms with Crippen LogP contribution in [0.1, 0.15) is 27.2 Å². The Hall–Kier alpha value is 0.430. The van der Waals surface area contributed by atoms with Gasteiger partial charge in [0.25, 0.3) is 0 Å². The topological polar surface area (TPSA) is 26.3 Å². The van der Waals surface area contributed by atoms with E-state index in [2.05, 4.69) is 31.9 Å². The average molecular weight is 302 g/mol. The van der Waals surface area contributed by atoms with Crippen LogP contribution in [0.2, 0.25) is 0 Å². The maximum absolute atomic E-state index is 11.3. The highest BCUT2D eigenvalue weighted by Gasteiger charge is 2.21. The van der Waals surface area contributed by atoms with Crippen molar-refractivity contribution in [3.05, 3.63) is 0 Å². The quantitative estimate of drug-likeness (QED) is 0.592. The number of alkyl halides is 2. The minimum absolute atomic E-state index is 0.193. The Bertz CT molecular complexity index is 152. The van der Waals surface area contributed by atoms with E-state index in [4.69, 9.17) is 4.74 Å². The number of hydrogen-bond donors (Lipinski definition) is 0. The number of rotatable bonds is 3. The molecule has 72 valence electrons. The van der Waals surface area contributed by atoms with Gasteiger partial charge in [0.05, 0.1) is 0 Å². The second-order valence-electron chi connectivity index (χ2n) is 3.48. The molecule has 0 aromatic rings. The highest BCUT2D eigenvalue weighted by atomic mass is 79.9. The van der Waals surface area contributed by atoms with Gasteiger partial charge in [-0.05, 0) is 27.2 Å². The summed E-state index contributed by atoms with van der Waals surface area (Å²) in [6.07, 6.45) is 0.745. The van der Waals surface area contributed by atoms with E-state index in [1.807, 2.05) is 20.8 Å². The number of carbonyl (C=O) groups is 1. The molecule has 0 fully saturated rings. The molecule has 0 radical (unpaired) electrons. The largest absolute Gasteiger partial charge is 0.459 e. The third-order valence-electron chi connectivity index (χ3n) is 1.03. The van der Waals surface area contributed by atoms with Crippen LogP contribution in [0.5, 0.6) is 0 Å². The Labute approximate surface area is 90.3 Å². The fraction of sp³-hybridized carbons (Fsp3) is 0.875. The van der Waals surface area contributed by atoms with Crippen molar-refractivity contribution in [1.29, 1.82) is 0 Å². The summed E-state index contributed by atoms with van der Waals surface area (Å²) in [5.74, 6) is -0.193. The lowest BCUT2D eigenvalue weighted by Gasteiger charge is -2.21. The fourth-order valence-electron chi connectivity index (χ4n) is 0.579. The van der Waals surface area contributed by atoms with Crippen LogP contribution in [0.15, 0.2) is 0 Å². The lowest BCUT2D eigenvalue weighted by molar-refractivity contribution is -0.153. The smallest absolute Gasteiger partial charge is 0.320 e. The predicted octanol–water partition coefficient (Wildman–Crippen LogP) is 2.88. The zero-order valence-electron chi connectivity index (χ0n) is 7.56. The van der Waals surface area contributed by atoms with Crippen LogP contribution in [0.25, 0.3) is 0 Å². The van der Waals surface area contributed by atoms with Gasteiger partial charge in [-0.3, -0.25) is 4.79 Å². The van der Waals surface area contributed by atoms with E-state index < -0.39 is 5.60 Å². The van der Waals surface area contributed by atoms with Crippen molar-refractivity contribution in [3.63, 3.8) is 0 Å². The molecule has 0 rings (SSSR count). The Morgan fingerprint density at radius 3 is 2.33 bits per heavy atom. The Morgan fingerprint density at radius 1 is 1.50 bits per heavy atom. The predicted molar refractivity (Wildman–Crippen MR) is 57.0 cm³/mol. The second kappa shape index (κ2) is 5.22. The number of hydrogen-bond acceptors (Lipinski definition) is 2. The summed E-state index contributed by atoms with van der Waals surface area (Å²) in [5, 5.41) is 0.794. The summed E-state index contributed by atoms with van der Waals surface area (Å²) >= 11 is 6.51. The van der Waals surface area contributed by atoms with E-state index in [0.717, 1.165) is 11.8 Å². The van der Waals surface area contributed by atoms with Crippen molar-refractivity contribution >= 4 is 37.8 Å². The molecule has 1 unspecified atom stereocenters. The van der Waals surface area contributed by atoms with Crippen LogP contribution < -0.4 is 0 Å². The molecule has 0 aliphatic rings. The summed E-state index contributed by atoms with van der Waals surface area (Å²) in [6, 6.07) is 0. The molecule has 0 heterocycles. The molecule has 0 aliphatic carbocycles. The third kappa shape index (κ3) is 6.00. The molecule has 0 bridgehead atoms. The van der Waals surface area contributed by atoms with E-state index in [9.17, 15) is 4.79 Å². The SMILES string of the molecule is CC(C)(C)OC(=O)C(Br)CCBr. The summed E-state index contributed by atoms with van der Waals surface area (Å²) in [7, 11) is 0. The molecule has 12 heavy (non-hydrogen) atoms. The van der Waals surface area contributed by atoms with Gasteiger partial charge >= 0.3 is 5.97 Å². The number of esters is 1. The van der Waals surface area contributed by atoms with Gasteiger partial charge in [-0.1, -0.05) is 31.9 Å². The Morgan fingerprint density at radius 2 is 2.00 bits per heavy atom. The van der Waals surface area contributed by atoms with Crippen LogP contribution in [-0.2, 0) is 9.53 Å². The van der Waals surface area contributed by atoms with Gasteiger partial charge in [0.1, 0.15) is 10.4 Å². The van der Waals surface area contributed by atoms with Gasteiger partial charge in [0.15, 0.2) is 0 Å². The highest BCUT2D eigenvalue weighted by molar-refractivity contribution is 9.10. The van der Waals surface area contributed by atoms with E-state index in [1.165, 1.54) is 0 Å². The van der Waals surface area contributed by atoms with E-state index in [1.54, 1.807) is 0 Å². The highest BCUT2D eigenvalue weighted by Crippen LogP contribution is 2.14. The zero-order valence-corrected chi connectivity index (χ0v) is 10.7. The van der Waals surface area contributed by atoms with Crippen LogP contribution in [0, 0.1) is 0 Å². The van der Waals surface area contributed by atoms with Crippen LogP contribution >= 0.6 is 31.9 Å². The van der Waals surface area contributed by atoms with Crippen molar-refractivity contribution < 1.29 is 9.53 Å². The van der Waals surface area contributed by atoms with Crippen LogP contribution in [0.3, 0.4) is 0 Å². The minimum atomic E-state index is -0.393. The summed E-state index contributed by atoms with van der Waals surface area (Å²) in [5.41, 5.74) is -0.393. The first-order chi connectivity index (χ1) is 5.37. The van der Waals surface area contributed by atoms with Gasteiger partial charge in [-0.2, -0.15) is 0 Å². The molecular weight excluding hydrogens is 288 g/mol. The summed E-state index contributed by atoms with van der Waals surface area (Å²) in [6.45, 7) is 5.58. The average Bonchev–Trinajstić information content (AvgIpc) is 1.84. The van der Waals surface area contributed by atoms with Gasteiger partial charge in [0, 0.05) is 5.33 Å². The van der Waals surface area contributed by atoms with Crippen molar-refractivity contribution in [1.82, 2.24) is 0 Å². The number of halogens is 2. The molecular formula is C8H14Br2O2. The van der Waals surface area contributed by atoms with E-state index >= 15 is 0 Å². The Kier molecular flexibility index (Phi) is 5.41.